The van der Waals surface area contributed by atoms with E-state index in [4.69, 9.17) is 0 Å². The molecule has 3 aliphatic heterocycles. The summed E-state index contributed by atoms with van der Waals surface area (Å²) in [7, 11) is 0. The summed E-state index contributed by atoms with van der Waals surface area (Å²) < 4.78 is 0. The minimum absolute atomic E-state index is 0.104. The van der Waals surface area contributed by atoms with Crippen molar-refractivity contribution in [3.05, 3.63) is 34.9 Å². The second-order valence-corrected chi connectivity index (χ2v) is 7.88. The Morgan fingerprint density at radius 3 is 2.81 bits per heavy atom. The molecule has 27 heavy (non-hydrogen) atoms. The van der Waals surface area contributed by atoms with E-state index in [2.05, 4.69) is 22.9 Å². The first-order valence-electron chi connectivity index (χ1n) is 9.71. The minimum atomic E-state index is -0.561. The maximum Gasteiger partial charge on any atom is 0.255 e. The van der Waals surface area contributed by atoms with Gasteiger partial charge in [-0.1, -0.05) is 25.1 Å². The van der Waals surface area contributed by atoms with E-state index in [1.807, 2.05) is 18.2 Å². The Kier molecular flexibility index (Phi) is 4.97. The lowest BCUT2D eigenvalue weighted by atomic mass is 9.98. The molecule has 7 heteroatoms. The first-order chi connectivity index (χ1) is 13.0. The maximum atomic E-state index is 13.0. The van der Waals surface area contributed by atoms with Gasteiger partial charge in [0.2, 0.25) is 11.8 Å². The first-order valence-corrected chi connectivity index (χ1v) is 9.71. The van der Waals surface area contributed by atoms with Crippen LogP contribution >= 0.6 is 0 Å². The molecule has 3 heterocycles. The fraction of sp³-hybridized carbons (Fsp3) is 0.550. The van der Waals surface area contributed by atoms with E-state index < -0.39 is 6.04 Å². The van der Waals surface area contributed by atoms with Gasteiger partial charge in [-0.05, 0) is 49.0 Å². The molecule has 0 bridgehead atoms. The Labute approximate surface area is 158 Å². The summed E-state index contributed by atoms with van der Waals surface area (Å²) in [5, 5.41) is 9.25. The van der Waals surface area contributed by atoms with Crippen LogP contribution in [0.4, 0.5) is 0 Å². The van der Waals surface area contributed by atoms with Crippen LogP contribution in [-0.4, -0.2) is 48.3 Å². The van der Waals surface area contributed by atoms with Crippen molar-refractivity contribution in [2.45, 2.75) is 38.9 Å². The lowest BCUT2D eigenvalue weighted by Gasteiger charge is -2.29. The average molecular weight is 370 g/mol. The summed E-state index contributed by atoms with van der Waals surface area (Å²) >= 11 is 0. The highest BCUT2D eigenvalue weighted by Crippen LogP contribution is 2.29. The Bertz CT molecular complexity index is 778. The van der Waals surface area contributed by atoms with Gasteiger partial charge in [-0.15, -0.1) is 0 Å². The number of amides is 3. The van der Waals surface area contributed by atoms with Crippen molar-refractivity contribution in [1.82, 2.24) is 20.9 Å². The van der Waals surface area contributed by atoms with Crippen molar-refractivity contribution in [2.24, 2.45) is 11.8 Å². The number of hydrogen-bond donors (Lipinski definition) is 3. The maximum absolute atomic E-state index is 13.0. The van der Waals surface area contributed by atoms with Crippen LogP contribution in [-0.2, 0) is 22.7 Å². The van der Waals surface area contributed by atoms with Crippen molar-refractivity contribution in [3.8, 4) is 0 Å². The third-order valence-electron chi connectivity index (χ3n) is 6.04. The van der Waals surface area contributed by atoms with Crippen LogP contribution in [0.5, 0.6) is 0 Å². The van der Waals surface area contributed by atoms with Crippen LogP contribution in [0.2, 0.25) is 0 Å². The third-order valence-corrected chi connectivity index (χ3v) is 6.04. The molecule has 0 spiro atoms. The zero-order valence-electron chi connectivity index (χ0n) is 15.6. The Morgan fingerprint density at radius 1 is 1.22 bits per heavy atom. The van der Waals surface area contributed by atoms with E-state index in [1.165, 1.54) is 0 Å². The summed E-state index contributed by atoms with van der Waals surface area (Å²) in [5.74, 6) is 0.532. The molecule has 2 saturated heterocycles. The molecular weight excluding hydrogens is 344 g/mol. The fourth-order valence-electron chi connectivity index (χ4n) is 4.37. The van der Waals surface area contributed by atoms with Crippen LogP contribution < -0.4 is 16.0 Å². The molecule has 7 nitrogen and oxygen atoms in total. The molecule has 3 N–H and O–H groups in total. The predicted octanol–water partition coefficient (Wildman–Crippen LogP) is 0.393. The highest BCUT2D eigenvalue weighted by Gasteiger charge is 2.39. The largest absolute Gasteiger partial charge is 0.322 e. The van der Waals surface area contributed by atoms with E-state index in [1.54, 1.807) is 4.90 Å². The summed E-state index contributed by atoms with van der Waals surface area (Å²) in [6.07, 6.45) is 0.670. The highest BCUT2D eigenvalue weighted by atomic mass is 16.2. The first kappa shape index (κ1) is 18.1. The second-order valence-electron chi connectivity index (χ2n) is 7.88. The minimum Gasteiger partial charge on any atom is -0.322 e. The molecule has 1 unspecified atom stereocenters. The van der Waals surface area contributed by atoms with Gasteiger partial charge in [-0.2, -0.15) is 0 Å². The van der Waals surface area contributed by atoms with Gasteiger partial charge in [0.25, 0.3) is 5.91 Å². The molecule has 1 aromatic rings. The highest BCUT2D eigenvalue weighted by molar-refractivity contribution is 6.05. The molecule has 4 rings (SSSR count). The number of imide groups is 1. The lowest BCUT2D eigenvalue weighted by Crippen LogP contribution is -2.52. The molecule has 0 saturated carbocycles. The van der Waals surface area contributed by atoms with Gasteiger partial charge in [0.15, 0.2) is 0 Å². The molecule has 2 fully saturated rings. The van der Waals surface area contributed by atoms with Gasteiger partial charge in [-0.25, -0.2) is 0 Å². The second kappa shape index (κ2) is 7.40. The standard InChI is InChI=1S/C20H26N4O3/c1-12-7-21-9-15(12)10-22-8-13-3-2-4-14-11-24(20(27)18(13)14)16-5-6-17(25)23-19(16)26/h2-4,12,15-16,21-22H,5-11H2,1H3,(H,23,25,26)/t12-,15+,16?/m1/s1. The number of carbonyl (C=O) groups is 3. The van der Waals surface area contributed by atoms with Crippen LogP contribution in [0.15, 0.2) is 18.2 Å². The summed E-state index contributed by atoms with van der Waals surface area (Å²) in [4.78, 5) is 38.2. The number of nitrogens with zero attached hydrogens (tertiary/aromatic N) is 1. The normalized spacial score (nSPS) is 27.8. The van der Waals surface area contributed by atoms with Crippen LogP contribution in [0.3, 0.4) is 0 Å². The summed E-state index contributed by atoms with van der Waals surface area (Å²) in [5.41, 5.74) is 2.65. The predicted molar refractivity (Wildman–Crippen MR) is 99.7 cm³/mol. The van der Waals surface area contributed by atoms with E-state index in [0.717, 1.165) is 30.8 Å². The Balaban J connectivity index is 1.45. The zero-order valence-corrected chi connectivity index (χ0v) is 15.6. The average Bonchev–Trinajstić information content (AvgIpc) is 3.19. The topological polar surface area (TPSA) is 90.5 Å². The van der Waals surface area contributed by atoms with Gasteiger partial charge in [-0.3, -0.25) is 19.7 Å². The number of rotatable bonds is 5. The van der Waals surface area contributed by atoms with Gasteiger partial charge in [0, 0.05) is 25.1 Å². The molecule has 0 radical (unpaired) electrons. The zero-order chi connectivity index (χ0) is 19.0. The molecular formula is C20H26N4O3. The molecule has 3 aliphatic rings. The molecule has 144 valence electrons. The number of hydrogen-bond acceptors (Lipinski definition) is 5. The van der Waals surface area contributed by atoms with Gasteiger partial charge < -0.3 is 15.5 Å². The van der Waals surface area contributed by atoms with E-state index in [0.29, 0.717) is 36.9 Å². The lowest BCUT2D eigenvalue weighted by molar-refractivity contribution is -0.136. The van der Waals surface area contributed by atoms with E-state index in [-0.39, 0.29) is 24.1 Å². The van der Waals surface area contributed by atoms with Crippen molar-refractivity contribution in [1.29, 1.82) is 0 Å². The summed E-state index contributed by atoms with van der Waals surface area (Å²) in [6, 6.07) is 5.34. The summed E-state index contributed by atoms with van der Waals surface area (Å²) in [6.45, 7) is 6.34. The quantitative estimate of drug-likeness (QED) is 0.653. The van der Waals surface area contributed by atoms with Crippen molar-refractivity contribution in [2.75, 3.05) is 19.6 Å². The molecule has 3 amide bonds. The van der Waals surface area contributed by atoms with Gasteiger partial charge in [0.1, 0.15) is 6.04 Å². The van der Waals surface area contributed by atoms with Crippen molar-refractivity contribution in [3.63, 3.8) is 0 Å². The smallest absolute Gasteiger partial charge is 0.255 e. The van der Waals surface area contributed by atoms with Crippen molar-refractivity contribution >= 4 is 17.7 Å². The van der Waals surface area contributed by atoms with Crippen LogP contribution in [0, 0.1) is 11.8 Å². The number of piperidine rings is 1. The van der Waals surface area contributed by atoms with Gasteiger partial charge >= 0.3 is 0 Å². The van der Waals surface area contributed by atoms with Crippen LogP contribution in [0.1, 0.15) is 41.3 Å². The fourth-order valence-corrected chi connectivity index (χ4v) is 4.37. The van der Waals surface area contributed by atoms with E-state index >= 15 is 0 Å². The SMILES string of the molecule is C[C@@H]1CNC[C@H]1CNCc1cccc2c1C(=O)N(C1CCC(=O)NC1=O)C2. The van der Waals surface area contributed by atoms with Crippen molar-refractivity contribution < 1.29 is 14.4 Å². The number of nitrogens with one attached hydrogen (secondary N) is 3. The molecule has 3 atom stereocenters. The number of fused-ring (bicyclic) bond motifs is 1. The molecule has 1 aromatic carbocycles. The number of benzene rings is 1. The molecule has 0 aromatic heterocycles. The van der Waals surface area contributed by atoms with Gasteiger partial charge in [0.05, 0.1) is 0 Å². The Morgan fingerprint density at radius 2 is 2.07 bits per heavy atom. The monoisotopic (exact) mass is 370 g/mol. The van der Waals surface area contributed by atoms with Crippen LogP contribution in [0.25, 0.3) is 0 Å². The molecule has 0 aliphatic carbocycles. The Hall–Kier alpha value is -2.25. The number of carbonyl (C=O) groups excluding carboxylic acids is 3. The van der Waals surface area contributed by atoms with E-state index in [9.17, 15) is 14.4 Å². The third kappa shape index (κ3) is 3.49.